The first kappa shape index (κ1) is 39.0. The summed E-state index contributed by atoms with van der Waals surface area (Å²) in [5.41, 5.74) is 0. The summed E-state index contributed by atoms with van der Waals surface area (Å²) < 4.78 is 23.2. The van der Waals surface area contributed by atoms with Gasteiger partial charge in [-0.25, -0.2) is 4.57 Å². The van der Waals surface area contributed by atoms with E-state index in [1.54, 1.807) is 6.08 Å². The van der Waals surface area contributed by atoms with Gasteiger partial charge >= 0.3 is 7.82 Å². The van der Waals surface area contributed by atoms with E-state index >= 15 is 0 Å². The molecule has 8 nitrogen and oxygen atoms in total. The van der Waals surface area contributed by atoms with Crippen molar-refractivity contribution in [3.8, 4) is 0 Å². The van der Waals surface area contributed by atoms with Crippen molar-refractivity contribution in [3.05, 3.63) is 24.3 Å². The fraction of sp³-hybridized carbons (Fsp3) is 0.839. The van der Waals surface area contributed by atoms with Gasteiger partial charge in [0.05, 0.1) is 39.9 Å². The number of allylic oxidation sites excluding steroid dienone is 3. The second kappa shape index (κ2) is 24.6. The SMILES string of the molecule is CCCCCCC/C=C/CC/C=C/C(O)C(COP(=O)(O)OCC[N+](C)(C)C)NC(=O)CCCCCCCCC. The molecule has 1 amide bonds. The lowest BCUT2D eigenvalue weighted by Gasteiger charge is -2.25. The molecule has 40 heavy (non-hydrogen) atoms. The minimum absolute atomic E-state index is 0.0568. The summed E-state index contributed by atoms with van der Waals surface area (Å²) in [7, 11) is 1.55. The van der Waals surface area contributed by atoms with E-state index in [9.17, 15) is 19.4 Å². The quantitative estimate of drug-likeness (QED) is 0.0410. The first-order valence-corrected chi connectivity index (χ1v) is 17.2. The molecule has 0 aliphatic heterocycles. The Labute approximate surface area is 245 Å². The Bertz CT molecular complexity index is 723. The number of carbonyl (C=O) groups excluding carboxylic acids is 1. The zero-order valence-electron chi connectivity index (χ0n) is 26.3. The topological polar surface area (TPSA) is 105 Å². The maximum atomic E-state index is 12.6. The normalized spacial score (nSPS) is 15.5. The summed E-state index contributed by atoms with van der Waals surface area (Å²) in [5, 5.41) is 13.6. The number of amides is 1. The van der Waals surface area contributed by atoms with Gasteiger partial charge in [0.25, 0.3) is 0 Å². The Kier molecular flexibility index (Phi) is 23.9. The maximum absolute atomic E-state index is 12.6. The van der Waals surface area contributed by atoms with Crippen LogP contribution >= 0.6 is 7.82 Å². The molecule has 9 heteroatoms. The van der Waals surface area contributed by atoms with Crippen molar-refractivity contribution < 1.29 is 32.9 Å². The number of phosphoric ester groups is 1. The molecule has 236 valence electrons. The van der Waals surface area contributed by atoms with E-state index in [0.29, 0.717) is 17.4 Å². The number of carbonyl (C=O) groups is 1. The summed E-state index contributed by atoms with van der Waals surface area (Å²) >= 11 is 0. The number of quaternary nitrogens is 1. The van der Waals surface area contributed by atoms with E-state index in [4.69, 9.17) is 9.05 Å². The van der Waals surface area contributed by atoms with Gasteiger partial charge in [0, 0.05) is 6.42 Å². The van der Waals surface area contributed by atoms with E-state index in [0.717, 1.165) is 38.5 Å². The van der Waals surface area contributed by atoms with Gasteiger partial charge in [0.15, 0.2) is 0 Å². The van der Waals surface area contributed by atoms with Crippen LogP contribution in [-0.2, 0) is 18.4 Å². The van der Waals surface area contributed by atoms with Gasteiger partial charge in [0.2, 0.25) is 5.91 Å². The summed E-state index contributed by atoms with van der Waals surface area (Å²) in [4.78, 5) is 22.7. The first-order valence-electron chi connectivity index (χ1n) is 15.7. The molecular weight excluding hydrogens is 527 g/mol. The van der Waals surface area contributed by atoms with E-state index in [2.05, 4.69) is 31.3 Å². The minimum Gasteiger partial charge on any atom is -0.387 e. The van der Waals surface area contributed by atoms with Crippen molar-refractivity contribution in [2.24, 2.45) is 0 Å². The maximum Gasteiger partial charge on any atom is 0.472 e. The molecule has 3 atom stereocenters. The average molecular weight is 590 g/mol. The van der Waals surface area contributed by atoms with Crippen LogP contribution in [0.25, 0.3) is 0 Å². The lowest BCUT2D eigenvalue weighted by atomic mass is 10.1. The average Bonchev–Trinajstić information content (AvgIpc) is 2.88. The Morgan fingerprint density at radius 1 is 0.825 bits per heavy atom. The predicted octanol–water partition coefficient (Wildman–Crippen LogP) is 7.07. The summed E-state index contributed by atoms with van der Waals surface area (Å²) in [6.07, 6.45) is 24.0. The van der Waals surface area contributed by atoms with Gasteiger partial charge in [-0.1, -0.05) is 102 Å². The van der Waals surface area contributed by atoms with Crippen molar-refractivity contribution in [2.45, 2.75) is 129 Å². The van der Waals surface area contributed by atoms with Crippen LogP contribution in [-0.4, -0.2) is 73.4 Å². The van der Waals surface area contributed by atoms with Crippen molar-refractivity contribution in [3.63, 3.8) is 0 Å². The number of rotatable bonds is 27. The number of aliphatic hydroxyl groups is 1. The molecule has 0 aliphatic carbocycles. The molecule has 0 aromatic heterocycles. The molecule has 3 N–H and O–H groups in total. The highest BCUT2D eigenvalue weighted by Gasteiger charge is 2.27. The minimum atomic E-state index is -4.32. The Morgan fingerprint density at radius 3 is 2.00 bits per heavy atom. The van der Waals surface area contributed by atoms with Crippen molar-refractivity contribution in [1.82, 2.24) is 5.32 Å². The van der Waals surface area contributed by atoms with Crippen LogP contribution in [0.4, 0.5) is 0 Å². The molecule has 3 unspecified atom stereocenters. The van der Waals surface area contributed by atoms with Gasteiger partial charge in [-0.3, -0.25) is 13.8 Å². The molecule has 0 saturated carbocycles. The number of phosphoric acid groups is 1. The van der Waals surface area contributed by atoms with Crippen LogP contribution in [0.5, 0.6) is 0 Å². The first-order chi connectivity index (χ1) is 19.0. The molecule has 0 aromatic carbocycles. The highest BCUT2D eigenvalue weighted by Crippen LogP contribution is 2.43. The van der Waals surface area contributed by atoms with Crippen LogP contribution < -0.4 is 5.32 Å². The highest BCUT2D eigenvalue weighted by molar-refractivity contribution is 7.47. The molecule has 0 radical (unpaired) electrons. The number of aliphatic hydroxyl groups excluding tert-OH is 1. The second-order valence-electron chi connectivity index (χ2n) is 11.8. The monoisotopic (exact) mass is 589 g/mol. The van der Waals surface area contributed by atoms with Crippen LogP contribution in [0.3, 0.4) is 0 Å². The van der Waals surface area contributed by atoms with E-state index in [-0.39, 0.29) is 19.1 Å². The number of hydrogen-bond acceptors (Lipinski definition) is 5. The van der Waals surface area contributed by atoms with E-state index in [1.807, 2.05) is 27.2 Å². The molecule has 0 rings (SSSR count). The predicted molar refractivity (Wildman–Crippen MR) is 166 cm³/mol. The largest absolute Gasteiger partial charge is 0.472 e. The van der Waals surface area contributed by atoms with Crippen molar-refractivity contribution >= 4 is 13.7 Å². The van der Waals surface area contributed by atoms with E-state index < -0.39 is 20.0 Å². The van der Waals surface area contributed by atoms with Crippen LogP contribution in [0, 0.1) is 0 Å². The van der Waals surface area contributed by atoms with Crippen LogP contribution in [0.1, 0.15) is 117 Å². The number of unbranched alkanes of at least 4 members (excludes halogenated alkanes) is 12. The fourth-order valence-corrected chi connectivity index (χ4v) is 4.79. The molecule has 0 bridgehead atoms. The summed E-state index contributed by atoms with van der Waals surface area (Å²) in [6, 6.07) is -0.852. The number of hydrogen-bond donors (Lipinski definition) is 3. The van der Waals surface area contributed by atoms with Crippen molar-refractivity contribution in [1.29, 1.82) is 0 Å². The van der Waals surface area contributed by atoms with Gasteiger partial charge < -0.3 is 19.8 Å². The van der Waals surface area contributed by atoms with Crippen LogP contribution in [0.2, 0.25) is 0 Å². The summed E-state index contributed by atoms with van der Waals surface area (Å²) in [5.74, 6) is -0.199. The van der Waals surface area contributed by atoms with Gasteiger partial charge in [-0.15, -0.1) is 0 Å². The molecule has 0 aliphatic rings. The third-order valence-corrected chi connectivity index (χ3v) is 7.66. The van der Waals surface area contributed by atoms with Gasteiger partial charge in [0.1, 0.15) is 13.2 Å². The van der Waals surface area contributed by atoms with Gasteiger partial charge in [-0.2, -0.15) is 0 Å². The van der Waals surface area contributed by atoms with Gasteiger partial charge in [-0.05, 0) is 32.1 Å². The fourth-order valence-electron chi connectivity index (χ4n) is 4.05. The molecule has 0 fully saturated rings. The second-order valence-corrected chi connectivity index (χ2v) is 13.3. The number of likely N-dealkylation sites (N-methyl/N-ethyl adjacent to an activating group) is 1. The Hall–Kier alpha value is -1.02. The molecule has 0 aromatic rings. The zero-order valence-corrected chi connectivity index (χ0v) is 27.2. The summed E-state index contributed by atoms with van der Waals surface area (Å²) in [6.45, 7) is 4.67. The molecule has 0 heterocycles. The van der Waals surface area contributed by atoms with E-state index in [1.165, 1.54) is 57.8 Å². The van der Waals surface area contributed by atoms with Crippen molar-refractivity contribution in [2.75, 3.05) is 40.9 Å². The smallest absolute Gasteiger partial charge is 0.387 e. The molecular formula is C31H62N2O6P+. The standard InChI is InChI=1S/C31H61N2O6P/c1-6-8-10-12-14-15-16-17-19-20-22-24-30(34)29(28-39-40(36,37)38-27-26-33(3,4)5)32-31(35)25-23-21-18-13-11-9-7-2/h16-17,22,24,29-30,34H,6-15,18-21,23,25-28H2,1-5H3,(H-,32,35,36,37)/p+1/b17-16+,24-22+. The zero-order chi connectivity index (χ0) is 30.1. The lowest BCUT2D eigenvalue weighted by Crippen LogP contribution is -2.45. The van der Waals surface area contributed by atoms with Crippen LogP contribution in [0.15, 0.2) is 24.3 Å². The molecule has 0 spiro atoms. The Morgan fingerprint density at radius 2 is 1.38 bits per heavy atom. The highest BCUT2D eigenvalue weighted by atomic mass is 31.2. The number of nitrogens with zero attached hydrogens (tertiary/aromatic N) is 1. The molecule has 0 saturated heterocycles. The number of nitrogens with one attached hydrogen (secondary N) is 1. The third-order valence-electron chi connectivity index (χ3n) is 6.67. The third kappa shape index (κ3) is 25.9. The lowest BCUT2D eigenvalue weighted by molar-refractivity contribution is -0.870. The Balaban J connectivity index is 4.74.